The lowest BCUT2D eigenvalue weighted by Crippen LogP contribution is -2.50. The van der Waals surface area contributed by atoms with Gasteiger partial charge in [-0.1, -0.05) is 32.1 Å². The van der Waals surface area contributed by atoms with E-state index in [9.17, 15) is 0 Å². The Kier molecular flexibility index (Phi) is 5.11. The van der Waals surface area contributed by atoms with Crippen molar-refractivity contribution in [2.75, 3.05) is 0 Å². The van der Waals surface area contributed by atoms with E-state index in [1.165, 1.54) is 11.1 Å². The van der Waals surface area contributed by atoms with E-state index in [-0.39, 0.29) is 5.54 Å². The molecule has 0 amide bonds. The number of hydrogen-bond acceptors (Lipinski definition) is 0. The van der Waals surface area contributed by atoms with Gasteiger partial charge in [-0.3, -0.25) is 0 Å². The highest BCUT2D eigenvalue weighted by Gasteiger charge is 2.50. The lowest BCUT2D eigenvalue weighted by Gasteiger charge is -2.40. The topological polar surface area (TPSA) is 3.01 Å². The van der Waals surface area contributed by atoms with Gasteiger partial charge in [0.2, 0.25) is 5.70 Å². The molecule has 1 heteroatoms. The number of nitrogens with zero attached hydrogens (tertiary/aromatic N) is 1. The predicted octanol–water partition coefficient (Wildman–Crippen LogP) is 4.87. The number of rotatable bonds is 4. The van der Waals surface area contributed by atoms with Crippen molar-refractivity contribution in [3.05, 3.63) is 48.2 Å². The Balaban J connectivity index is 3.65. The van der Waals surface area contributed by atoms with Crippen LogP contribution in [0.5, 0.6) is 0 Å². The minimum atomic E-state index is 0.0714. The third kappa shape index (κ3) is 2.27. The molecule has 0 bridgehead atoms. The van der Waals surface area contributed by atoms with Crippen LogP contribution < -0.4 is 0 Å². The van der Waals surface area contributed by atoms with E-state index in [1.807, 2.05) is 0 Å². The highest BCUT2D eigenvalue weighted by atomic mass is 15.1. The maximum Gasteiger partial charge on any atom is 0.201 e. The Labute approximate surface area is 118 Å². The Hall–Kier alpha value is -1.37. The molecule has 0 spiro atoms. The van der Waals surface area contributed by atoms with Gasteiger partial charge in [0.15, 0.2) is 5.54 Å². The summed E-state index contributed by atoms with van der Waals surface area (Å²) in [7, 11) is 0. The molecule has 1 rings (SSSR count). The highest BCUT2D eigenvalue weighted by Crippen LogP contribution is 2.44. The highest BCUT2D eigenvalue weighted by molar-refractivity contribution is 5.52. The van der Waals surface area contributed by atoms with Crippen LogP contribution in [0.15, 0.2) is 48.2 Å². The SMILES string of the molecule is C=CC1C(C=CC)=C(C)C(=C)[N+](=CC)C1(CC)CC. The van der Waals surface area contributed by atoms with Gasteiger partial charge in [0.1, 0.15) is 6.21 Å². The molecule has 1 atom stereocenters. The molecule has 1 unspecified atom stereocenters. The van der Waals surface area contributed by atoms with Crippen molar-refractivity contribution < 1.29 is 4.58 Å². The molecule has 1 aliphatic heterocycles. The monoisotopic (exact) mass is 258 g/mol. The van der Waals surface area contributed by atoms with Crippen LogP contribution in [-0.2, 0) is 0 Å². The lowest BCUT2D eigenvalue weighted by molar-refractivity contribution is -0.571. The van der Waals surface area contributed by atoms with Gasteiger partial charge < -0.3 is 0 Å². The zero-order chi connectivity index (χ0) is 14.6. The second-order valence-electron chi connectivity index (χ2n) is 5.18. The zero-order valence-corrected chi connectivity index (χ0v) is 13.2. The molecule has 0 aromatic rings. The van der Waals surface area contributed by atoms with Gasteiger partial charge in [-0.15, -0.1) is 6.58 Å². The standard InChI is InChI=1S/C18H28N/c1-8-13-16-14(6)15(7)19(12-5)18(10-3,11-4)17(16)9-2/h8-9,12-13,17H,2,7,10-11H2,1,3-6H3/q+1. The molecule has 0 saturated heterocycles. The first-order valence-electron chi connectivity index (χ1n) is 7.28. The van der Waals surface area contributed by atoms with Gasteiger partial charge in [-0.2, -0.15) is 4.58 Å². The largest absolute Gasteiger partial charge is 0.201 e. The summed E-state index contributed by atoms with van der Waals surface area (Å²) in [6.07, 6.45) is 10.8. The molecule has 1 heterocycles. The molecule has 0 N–H and O–H groups in total. The molecule has 1 nitrogen and oxygen atoms in total. The fraction of sp³-hybridized carbons (Fsp3) is 0.500. The first-order chi connectivity index (χ1) is 9.03. The maximum absolute atomic E-state index is 4.31. The van der Waals surface area contributed by atoms with Crippen LogP contribution >= 0.6 is 0 Å². The maximum atomic E-state index is 4.31. The van der Waals surface area contributed by atoms with Gasteiger partial charge in [-0.25, -0.2) is 0 Å². The van der Waals surface area contributed by atoms with E-state index >= 15 is 0 Å². The summed E-state index contributed by atoms with van der Waals surface area (Å²) in [5.74, 6) is 0.348. The van der Waals surface area contributed by atoms with E-state index in [0.29, 0.717) is 5.92 Å². The van der Waals surface area contributed by atoms with Crippen molar-refractivity contribution in [1.29, 1.82) is 0 Å². The first-order valence-corrected chi connectivity index (χ1v) is 7.28. The van der Waals surface area contributed by atoms with Crippen LogP contribution in [0.4, 0.5) is 0 Å². The van der Waals surface area contributed by atoms with E-state index in [2.05, 4.69) is 76.8 Å². The molecular weight excluding hydrogens is 230 g/mol. The second kappa shape index (κ2) is 6.18. The van der Waals surface area contributed by atoms with Crippen molar-refractivity contribution in [3.63, 3.8) is 0 Å². The molecule has 0 aromatic carbocycles. The van der Waals surface area contributed by atoms with Crippen molar-refractivity contribution in [3.8, 4) is 0 Å². The Morgan fingerprint density at radius 2 is 1.84 bits per heavy atom. The Bertz CT molecular complexity index is 456. The van der Waals surface area contributed by atoms with Gasteiger partial charge >= 0.3 is 0 Å². The normalized spacial score (nSPS) is 25.4. The second-order valence-corrected chi connectivity index (χ2v) is 5.18. The Morgan fingerprint density at radius 3 is 2.21 bits per heavy atom. The van der Waals surface area contributed by atoms with E-state index in [4.69, 9.17) is 0 Å². The summed E-state index contributed by atoms with van der Waals surface area (Å²) in [4.78, 5) is 0. The van der Waals surface area contributed by atoms with Crippen molar-refractivity contribution >= 4 is 6.21 Å². The molecule has 0 fully saturated rings. The van der Waals surface area contributed by atoms with Gasteiger partial charge in [0, 0.05) is 25.3 Å². The molecule has 1 aliphatic rings. The minimum absolute atomic E-state index is 0.0714. The quantitative estimate of drug-likeness (QED) is 0.500. The van der Waals surface area contributed by atoms with E-state index < -0.39 is 0 Å². The zero-order valence-electron chi connectivity index (χ0n) is 13.2. The van der Waals surface area contributed by atoms with E-state index in [0.717, 1.165) is 18.5 Å². The van der Waals surface area contributed by atoms with Gasteiger partial charge in [0.25, 0.3) is 0 Å². The molecule has 0 radical (unpaired) electrons. The van der Waals surface area contributed by atoms with Gasteiger partial charge in [0.05, 0.1) is 5.92 Å². The van der Waals surface area contributed by atoms with Crippen molar-refractivity contribution in [1.82, 2.24) is 0 Å². The molecule has 19 heavy (non-hydrogen) atoms. The number of allylic oxidation sites excluding steroid dienone is 3. The third-order valence-corrected chi connectivity index (χ3v) is 4.62. The summed E-state index contributed by atoms with van der Waals surface area (Å²) in [5.41, 5.74) is 3.84. The van der Waals surface area contributed by atoms with Crippen molar-refractivity contribution in [2.24, 2.45) is 5.92 Å². The molecular formula is C18H28N+. The Morgan fingerprint density at radius 1 is 1.26 bits per heavy atom. The summed E-state index contributed by atoms with van der Waals surface area (Å²) in [5, 5.41) is 0. The van der Waals surface area contributed by atoms with Crippen LogP contribution in [-0.4, -0.2) is 16.3 Å². The fourth-order valence-electron chi connectivity index (χ4n) is 3.49. The summed E-state index contributed by atoms with van der Waals surface area (Å²) >= 11 is 0. The molecule has 0 aliphatic carbocycles. The number of hydrogen-bond donors (Lipinski definition) is 0. The van der Waals surface area contributed by atoms with Crippen LogP contribution in [0.25, 0.3) is 0 Å². The average Bonchev–Trinajstić information content (AvgIpc) is 2.43. The van der Waals surface area contributed by atoms with Crippen LogP contribution in [0.2, 0.25) is 0 Å². The summed E-state index contributed by atoms with van der Waals surface area (Å²) in [6.45, 7) is 19.3. The third-order valence-electron chi connectivity index (χ3n) is 4.62. The predicted molar refractivity (Wildman–Crippen MR) is 85.7 cm³/mol. The smallest absolute Gasteiger partial charge is 0.197 e. The fourth-order valence-corrected chi connectivity index (χ4v) is 3.49. The molecule has 0 saturated carbocycles. The molecule has 104 valence electrons. The minimum Gasteiger partial charge on any atom is -0.197 e. The summed E-state index contributed by atoms with van der Waals surface area (Å²) < 4.78 is 2.36. The van der Waals surface area contributed by atoms with Crippen LogP contribution in [0, 0.1) is 5.92 Å². The first kappa shape index (κ1) is 15.7. The van der Waals surface area contributed by atoms with Crippen LogP contribution in [0.1, 0.15) is 47.5 Å². The summed E-state index contributed by atoms with van der Waals surface area (Å²) in [6, 6.07) is 0. The lowest BCUT2D eigenvalue weighted by atomic mass is 9.70. The molecule has 0 aromatic heterocycles. The van der Waals surface area contributed by atoms with Gasteiger partial charge in [-0.05, 0) is 26.0 Å². The van der Waals surface area contributed by atoms with E-state index in [1.54, 1.807) is 0 Å². The average molecular weight is 258 g/mol. The van der Waals surface area contributed by atoms with Crippen LogP contribution in [0.3, 0.4) is 0 Å². The van der Waals surface area contributed by atoms with Crippen molar-refractivity contribution in [2.45, 2.75) is 53.0 Å².